The van der Waals surface area contributed by atoms with Gasteiger partial charge in [-0.1, -0.05) is 18.2 Å². The minimum atomic E-state index is -0.373. The number of anilines is 3. The van der Waals surface area contributed by atoms with Crippen LogP contribution in [-0.4, -0.2) is 39.8 Å². The number of hydrogen-bond acceptors (Lipinski definition) is 7. The van der Waals surface area contributed by atoms with Crippen molar-refractivity contribution in [2.75, 3.05) is 24.3 Å². The van der Waals surface area contributed by atoms with Crippen LogP contribution in [0.25, 0.3) is 10.9 Å². The smallest absolute Gasteiger partial charge is 0.337 e. The van der Waals surface area contributed by atoms with E-state index in [1.165, 1.54) is 18.1 Å². The Morgan fingerprint density at radius 2 is 1.97 bits per heavy atom. The van der Waals surface area contributed by atoms with Gasteiger partial charge in [0.05, 0.1) is 18.9 Å². The fourth-order valence-electron chi connectivity index (χ4n) is 3.04. The second-order valence-corrected chi connectivity index (χ2v) is 6.40. The molecule has 29 heavy (non-hydrogen) atoms. The molecule has 2 aromatic carbocycles. The monoisotopic (exact) mass is 388 g/mol. The highest BCUT2D eigenvalue weighted by molar-refractivity contribution is 5.89. The summed E-state index contributed by atoms with van der Waals surface area (Å²) in [5, 5.41) is 15.6. The summed E-state index contributed by atoms with van der Waals surface area (Å²) in [6.45, 7) is 0.681. The summed E-state index contributed by atoms with van der Waals surface area (Å²) in [5.41, 5.74) is 3.63. The Morgan fingerprint density at radius 3 is 2.79 bits per heavy atom. The van der Waals surface area contributed by atoms with Gasteiger partial charge >= 0.3 is 5.97 Å². The number of aromatic nitrogens is 4. The maximum Gasteiger partial charge on any atom is 0.337 e. The fraction of sp³-hybridized carbons (Fsp3) is 0.143. The molecule has 0 saturated carbocycles. The lowest BCUT2D eigenvalue weighted by molar-refractivity contribution is 0.0601. The Hall–Kier alpha value is -3.94. The zero-order valence-electron chi connectivity index (χ0n) is 15.8. The van der Waals surface area contributed by atoms with Gasteiger partial charge in [0.15, 0.2) is 5.82 Å². The number of rotatable bonds is 7. The van der Waals surface area contributed by atoms with Gasteiger partial charge in [-0.2, -0.15) is 10.1 Å². The number of hydrogen-bond donors (Lipinski definition) is 3. The molecule has 0 atom stereocenters. The second kappa shape index (κ2) is 8.39. The SMILES string of the molecule is COC(=O)c1ccc(Nc2cnnc(NCCc3c[nH]c4ccccc34)n2)cc1. The predicted octanol–water partition coefficient (Wildman–Crippen LogP) is 3.54. The Labute approximate surface area is 167 Å². The molecule has 0 saturated heterocycles. The van der Waals surface area contributed by atoms with E-state index in [4.69, 9.17) is 4.74 Å². The zero-order valence-corrected chi connectivity index (χ0v) is 15.8. The summed E-state index contributed by atoms with van der Waals surface area (Å²) in [4.78, 5) is 19.2. The van der Waals surface area contributed by atoms with Crippen molar-refractivity contribution in [3.05, 3.63) is 72.1 Å². The number of carbonyl (C=O) groups excluding carboxylic acids is 1. The zero-order chi connectivity index (χ0) is 20.1. The topological polar surface area (TPSA) is 105 Å². The van der Waals surface area contributed by atoms with Crippen LogP contribution in [0.4, 0.5) is 17.5 Å². The summed E-state index contributed by atoms with van der Waals surface area (Å²) in [6, 6.07) is 15.1. The van der Waals surface area contributed by atoms with Crippen molar-refractivity contribution in [2.45, 2.75) is 6.42 Å². The van der Waals surface area contributed by atoms with Gasteiger partial charge in [0.2, 0.25) is 5.95 Å². The molecular weight excluding hydrogens is 368 g/mol. The van der Waals surface area contributed by atoms with E-state index in [1.54, 1.807) is 30.5 Å². The highest BCUT2D eigenvalue weighted by Crippen LogP contribution is 2.18. The molecule has 0 bridgehead atoms. The van der Waals surface area contributed by atoms with Crippen LogP contribution in [0.15, 0.2) is 60.9 Å². The Bertz CT molecular complexity index is 1120. The first-order valence-corrected chi connectivity index (χ1v) is 9.17. The van der Waals surface area contributed by atoms with Gasteiger partial charge in [-0.3, -0.25) is 0 Å². The Balaban J connectivity index is 1.36. The van der Waals surface area contributed by atoms with Crippen LogP contribution >= 0.6 is 0 Å². The van der Waals surface area contributed by atoms with E-state index in [2.05, 4.69) is 42.9 Å². The molecule has 8 heteroatoms. The van der Waals surface area contributed by atoms with Crippen LogP contribution in [0.2, 0.25) is 0 Å². The van der Waals surface area contributed by atoms with E-state index < -0.39 is 0 Å². The molecule has 146 valence electrons. The lowest BCUT2D eigenvalue weighted by atomic mass is 10.1. The largest absolute Gasteiger partial charge is 0.465 e. The van der Waals surface area contributed by atoms with E-state index in [0.29, 0.717) is 23.9 Å². The molecule has 2 heterocycles. The number of ether oxygens (including phenoxy) is 1. The number of methoxy groups -OCH3 is 1. The third-order valence-corrected chi connectivity index (χ3v) is 4.49. The van der Waals surface area contributed by atoms with E-state index >= 15 is 0 Å². The number of aromatic amines is 1. The molecule has 0 aliphatic carbocycles. The highest BCUT2D eigenvalue weighted by atomic mass is 16.5. The number of nitrogens with zero attached hydrogens (tertiary/aromatic N) is 3. The van der Waals surface area contributed by atoms with Gasteiger partial charge < -0.3 is 20.4 Å². The first-order valence-electron chi connectivity index (χ1n) is 9.17. The van der Waals surface area contributed by atoms with Crippen LogP contribution < -0.4 is 10.6 Å². The van der Waals surface area contributed by atoms with Crippen molar-refractivity contribution >= 4 is 34.3 Å². The summed E-state index contributed by atoms with van der Waals surface area (Å²) in [6.07, 6.45) is 4.40. The van der Waals surface area contributed by atoms with Crippen LogP contribution in [0.1, 0.15) is 15.9 Å². The summed E-state index contributed by atoms with van der Waals surface area (Å²) < 4.78 is 4.70. The van der Waals surface area contributed by atoms with Crippen molar-refractivity contribution in [3.8, 4) is 0 Å². The number of carbonyl (C=O) groups is 1. The minimum absolute atomic E-state index is 0.373. The second-order valence-electron chi connectivity index (χ2n) is 6.40. The highest BCUT2D eigenvalue weighted by Gasteiger charge is 2.06. The third kappa shape index (κ3) is 4.32. The maximum atomic E-state index is 11.5. The van der Waals surface area contributed by atoms with E-state index in [1.807, 2.05) is 18.3 Å². The normalized spacial score (nSPS) is 10.7. The van der Waals surface area contributed by atoms with E-state index in [-0.39, 0.29) is 5.97 Å². The van der Waals surface area contributed by atoms with Gasteiger partial charge in [0.1, 0.15) is 0 Å². The van der Waals surface area contributed by atoms with Crippen molar-refractivity contribution < 1.29 is 9.53 Å². The number of benzene rings is 2. The molecule has 0 aliphatic rings. The molecule has 0 radical (unpaired) electrons. The number of fused-ring (bicyclic) bond motifs is 1. The Kier molecular flexibility index (Phi) is 5.33. The average molecular weight is 388 g/mol. The van der Waals surface area contributed by atoms with Gasteiger partial charge in [-0.05, 0) is 42.3 Å². The summed E-state index contributed by atoms with van der Waals surface area (Å²) in [7, 11) is 1.36. The van der Waals surface area contributed by atoms with Crippen molar-refractivity contribution in [3.63, 3.8) is 0 Å². The number of H-pyrrole nitrogens is 1. The standard InChI is InChI=1S/C21H20N6O2/c1-29-20(28)14-6-8-16(9-7-14)25-19-13-24-27-21(26-19)22-11-10-15-12-23-18-5-3-2-4-17(15)18/h2-9,12-13,23H,10-11H2,1H3,(H2,22,25,26,27). The maximum absolute atomic E-state index is 11.5. The molecule has 0 fully saturated rings. The predicted molar refractivity (Wildman–Crippen MR) is 111 cm³/mol. The fourth-order valence-corrected chi connectivity index (χ4v) is 3.04. The molecule has 0 unspecified atom stereocenters. The quantitative estimate of drug-likeness (QED) is 0.416. The Morgan fingerprint density at radius 1 is 1.14 bits per heavy atom. The number of para-hydroxylation sites is 1. The van der Waals surface area contributed by atoms with Gasteiger partial charge in [-0.25, -0.2) is 4.79 Å². The molecule has 0 amide bonds. The minimum Gasteiger partial charge on any atom is -0.465 e. The van der Waals surface area contributed by atoms with E-state index in [0.717, 1.165) is 17.6 Å². The molecule has 0 aliphatic heterocycles. The summed E-state index contributed by atoms with van der Waals surface area (Å²) >= 11 is 0. The molecule has 8 nitrogen and oxygen atoms in total. The molecule has 2 aromatic heterocycles. The molecule has 3 N–H and O–H groups in total. The van der Waals surface area contributed by atoms with Crippen molar-refractivity contribution in [2.24, 2.45) is 0 Å². The number of nitrogens with one attached hydrogen (secondary N) is 3. The lowest BCUT2D eigenvalue weighted by Crippen LogP contribution is -2.09. The van der Waals surface area contributed by atoms with Crippen molar-refractivity contribution in [1.82, 2.24) is 20.2 Å². The number of esters is 1. The van der Waals surface area contributed by atoms with Crippen LogP contribution in [0, 0.1) is 0 Å². The summed E-state index contributed by atoms with van der Waals surface area (Å²) in [5.74, 6) is 0.628. The molecular formula is C21H20N6O2. The van der Waals surface area contributed by atoms with E-state index in [9.17, 15) is 4.79 Å². The van der Waals surface area contributed by atoms with Crippen LogP contribution in [0.5, 0.6) is 0 Å². The molecule has 4 rings (SSSR count). The molecule has 4 aromatic rings. The first kappa shape index (κ1) is 18.4. The van der Waals surface area contributed by atoms with Gasteiger partial charge in [-0.15, -0.1) is 5.10 Å². The van der Waals surface area contributed by atoms with Crippen LogP contribution in [-0.2, 0) is 11.2 Å². The van der Waals surface area contributed by atoms with Gasteiger partial charge in [0.25, 0.3) is 0 Å². The van der Waals surface area contributed by atoms with Crippen molar-refractivity contribution in [1.29, 1.82) is 0 Å². The first-order chi connectivity index (χ1) is 14.2. The average Bonchev–Trinajstić information content (AvgIpc) is 3.17. The molecule has 0 spiro atoms. The van der Waals surface area contributed by atoms with Gasteiger partial charge in [0, 0.05) is 29.3 Å². The third-order valence-electron chi connectivity index (χ3n) is 4.49. The van der Waals surface area contributed by atoms with Crippen LogP contribution in [0.3, 0.4) is 0 Å². The lowest BCUT2D eigenvalue weighted by Gasteiger charge is -2.08.